The lowest BCUT2D eigenvalue weighted by molar-refractivity contribution is -0.274. The van der Waals surface area contributed by atoms with Gasteiger partial charge in [0.2, 0.25) is 5.91 Å². The highest BCUT2D eigenvalue weighted by Gasteiger charge is 2.31. The van der Waals surface area contributed by atoms with Gasteiger partial charge in [-0.1, -0.05) is 12.1 Å². The third-order valence-electron chi connectivity index (χ3n) is 3.29. The number of nitrogens with two attached hydrogens (primary N) is 1. The lowest BCUT2D eigenvalue weighted by Crippen LogP contribution is -2.35. The van der Waals surface area contributed by atoms with Gasteiger partial charge in [0, 0.05) is 13.1 Å². The molecule has 2 atom stereocenters. The molecule has 1 saturated heterocycles. The van der Waals surface area contributed by atoms with Crippen LogP contribution in [0.2, 0.25) is 0 Å². The van der Waals surface area contributed by atoms with E-state index < -0.39 is 12.5 Å². The number of ether oxygens (including phenoxy) is 2. The highest BCUT2D eigenvalue weighted by molar-refractivity contribution is 5.81. The van der Waals surface area contributed by atoms with Gasteiger partial charge >= 0.3 is 6.36 Å². The fourth-order valence-electron chi connectivity index (χ4n) is 2.18. The summed E-state index contributed by atoms with van der Waals surface area (Å²) in [5, 5.41) is 2.69. The van der Waals surface area contributed by atoms with Crippen LogP contribution in [0.25, 0.3) is 0 Å². The molecule has 0 bridgehead atoms. The smallest absolute Gasteiger partial charge is 0.406 e. The van der Waals surface area contributed by atoms with Crippen molar-refractivity contribution in [3.8, 4) is 5.75 Å². The van der Waals surface area contributed by atoms with Crippen LogP contribution in [-0.2, 0) is 16.1 Å². The molecule has 3 N–H and O–H groups in total. The fourth-order valence-corrected chi connectivity index (χ4v) is 2.18. The molecular formula is C14H17F3N2O3. The van der Waals surface area contributed by atoms with E-state index in [-0.39, 0.29) is 24.3 Å². The lowest BCUT2D eigenvalue weighted by Gasteiger charge is -2.13. The van der Waals surface area contributed by atoms with E-state index in [2.05, 4.69) is 10.1 Å². The molecular weight excluding hydrogens is 301 g/mol. The zero-order valence-electron chi connectivity index (χ0n) is 11.7. The molecule has 1 heterocycles. The van der Waals surface area contributed by atoms with Crippen LogP contribution in [-0.4, -0.2) is 31.0 Å². The Morgan fingerprint density at radius 3 is 2.55 bits per heavy atom. The Bertz CT molecular complexity index is 505. The fraction of sp³-hybridized carbons (Fsp3) is 0.500. The van der Waals surface area contributed by atoms with Crippen molar-refractivity contribution in [1.82, 2.24) is 5.32 Å². The molecule has 1 amide bonds. The van der Waals surface area contributed by atoms with Gasteiger partial charge in [0.1, 0.15) is 11.9 Å². The Morgan fingerprint density at radius 2 is 2.00 bits per heavy atom. The number of amides is 1. The van der Waals surface area contributed by atoms with Crippen molar-refractivity contribution >= 4 is 5.91 Å². The molecule has 1 aromatic carbocycles. The molecule has 1 aliphatic heterocycles. The van der Waals surface area contributed by atoms with Crippen LogP contribution in [0.5, 0.6) is 5.75 Å². The number of nitrogens with one attached hydrogen (secondary N) is 1. The van der Waals surface area contributed by atoms with E-state index in [4.69, 9.17) is 10.5 Å². The molecule has 5 nitrogen and oxygen atoms in total. The predicted octanol–water partition coefficient (Wildman–Crippen LogP) is 1.71. The second kappa shape index (κ2) is 6.97. The van der Waals surface area contributed by atoms with Crippen molar-refractivity contribution in [3.05, 3.63) is 29.8 Å². The van der Waals surface area contributed by atoms with Crippen LogP contribution >= 0.6 is 0 Å². The van der Waals surface area contributed by atoms with Gasteiger partial charge in [-0.3, -0.25) is 4.79 Å². The number of carbonyl (C=O) groups excluding carboxylic acids is 1. The SMILES string of the molecule is NC[C@H]1CC[C@@H](C(=O)NCc2ccc(OC(F)(F)F)cc2)O1. The topological polar surface area (TPSA) is 73.6 Å². The monoisotopic (exact) mass is 318 g/mol. The van der Waals surface area contributed by atoms with Gasteiger partial charge in [-0.05, 0) is 30.5 Å². The number of halogens is 3. The maximum absolute atomic E-state index is 12.0. The molecule has 0 spiro atoms. The Morgan fingerprint density at radius 1 is 1.32 bits per heavy atom. The summed E-state index contributed by atoms with van der Waals surface area (Å²) < 4.78 is 45.3. The van der Waals surface area contributed by atoms with Crippen LogP contribution in [0.3, 0.4) is 0 Å². The van der Waals surface area contributed by atoms with Crippen LogP contribution in [0.4, 0.5) is 13.2 Å². The molecule has 122 valence electrons. The highest BCUT2D eigenvalue weighted by Crippen LogP contribution is 2.23. The second-order valence-corrected chi connectivity index (χ2v) is 4.97. The minimum atomic E-state index is -4.71. The summed E-state index contributed by atoms with van der Waals surface area (Å²) in [5.41, 5.74) is 6.13. The Kier molecular flexibility index (Phi) is 5.25. The van der Waals surface area contributed by atoms with Crippen molar-refractivity contribution in [1.29, 1.82) is 0 Å². The average molecular weight is 318 g/mol. The third kappa shape index (κ3) is 4.88. The third-order valence-corrected chi connectivity index (χ3v) is 3.29. The van der Waals surface area contributed by atoms with Gasteiger partial charge in [-0.15, -0.1) is 13.2 Å². The largest absolute Gasteiger partial charge is 0.573 e. The van der Waals surface area contributed by atoms with E-state index in [0.29, 0.717) is 18.5 Å². The highest BCUT2D eigenvalue weighted by atomic mass is 19.4. The summed E-state index contributed by atoms with van der Waals surface area (Å²) in [6.07, 6.45) is -3.95. The molecule has 1 aliphatic rings. The quantitative estimate of drug-likeness (QED) is 0.867. The summed E-state index contributed by atoms with van der Waals surface area (Å²) in [5.74, 6) is -0.543. The summed E-state index contributed by atoms with van der Waals surface area (Å²) in [4.78, 5) is 11.9. The lowest BCUT2D eigenvalue weighted by atomic mass is 10.1. The number of hydrogen-bond acceptors (Lipinski definition) is 4. The number of alkyl halides is 3. The van der Waals surface area contributed by atoms with Crippen molar-refractivity contribution in [2.24, 2.45) is 5.73 Å². The Balaban J connectivity index is 1.80. The summed E-state index contributed by atoms with van der Waals surface area (Å²) in [7, 11) is 0. The number of rotatable bonds is 5. The molecule has 8 heteroatoms. The molecule has 0 radical (unpaired) electrons. The van der Waals surface area contributed by atoms with Gasteiger partial charge < -0.3 is 20.5 Å². The van der Waals surface area contributed by atoms with E-state index >= 15 is 0 Å². The molecule has 1 fully saturated rings. The zero-order valence-corrected chi connectivity index (χ0v) is 11.7. The molecule has 2 rings (SSSR count). The summed E-state index contributed by atoms with van der Waals surface area (Å²) in [6, 6.07) is 5.32. The second-order valence-electron chi connectivity index (χ2n) is 4.97. The molecule has 22 heavy (non-hydrogen) atoms. The van der Waals surface area contributed by atoms with Gasteiger partial charge in [-0.25, -0.2) is 0 Å². The first-order valence-corrected chi connectivity index (χ1v) is 6.85. The van der Waals surface area contributed by atoms with Crippen molar-refractivity contribution in [3.63, 3.8) is 0 Å². The molecule has 0 aliphatic carbocycles. The first-order valence-electron chi connectivity index (χ1n) is 6.85. The average Bonchev–Trinajstić information content (AvgIpc) is 2.93. The predicted molar refractivity (Wildman–Crippen MR) is 71.9 cm³/mol. The van der Waals surface area contributed by atoms with Crippen LogP contribution < -0.4 is 15.8 Å². The first-order chi connectivity index (χ1) is 10.4. The zero-order chi connectivity index (χ0) is 16.2. The van der Waals surface area contributed by atoms with Gasteiger partial charge in [0.25, 0.3) is 0 Å². The van der Waals surface area contributed by atoms with Crippen molar-refractivity contribution < 1.29 is 27.4 Å². The van der Waals surface area contributed by atoms with Crippen LogP contribution in [0.1, 0.15) is 18.4 Å². The van der Waals surface area contributed by atoms with Crippen LogP contribution in [0.15, 0.2) is 24.3 Å². The molecule has 0 aromatic heterocycles. The normalized spacial score (nSPS) is 21.6. The maximum atomic E-state index is 12.0. The van der Waals surface area contributed by atoms with E-state index in [1.807, 2.05) is 0 Å². The standard InChI is InChI=1S/C14H17F3N2O3/c15-14(16,17)22-10-3-1-9(2-4-10)8-19-13(20)12-6-5-11(7-18)21-12/h1-4,11-12H,5-8,18H2,(H,19,20)/t11-,12+/m1/s1. The van der Waals surface area contributed by atoms with E-state index in [1.54, 1.807) is 0 Å². The number of carbonyl (C=O) groups is 1. The minimum absolute atomic E-state index is 0.0884. The molecule has 0 unspecified atom stereocenters. The Hall–Kier alpha value is -1.80. The van der Waals surface area contributed by atoms with Gasteiger partial charge in [0.15, 0.2) is 0 Å². The van der Waals surface area contributed by atoms with E-state index in [0.717, 1.165) is 6.42 Å². The maximum Gasteiger partial charge on any atom is 0.573 e. The molecule has 1 aromatic rings. The van der Waals surface area contributed by atoms with Gasteiger partial charge in [0.05, 0.1) is 6.10 Å². The Labute approximate surface area is 125 Å². The summed E-state index contributed by atoms with van der Waals surface area (Å²) in [6.45, 7) is 0.586. The molecule has 0 saturated carbocycles. The van der Waals surface area contributed by atoms with Crippen molar-refractivity contribution in [2.75, 3.05) is 6.54 Å². The van der Waals surface area contributed by atoms with Crippen molar-refractivity contribution in [2.45, 2.75) is 38.0 Å². The first kappa shape index (κ1) is 16.6. The van der Waals surface area contributed by atoms with Gasteiger partial charge in [-0.2, -0.15) is 0 Å². The number of hydrogen-bond donors (Lipinski definition) is 2. The van der Waals surface area contributed by atoms with E-state index in [9.17, 15) is 18.0 Å². The summed E-state index contributed by atoms with van der Waals surface area (Å²) >= 11 is 0. The van der Waals surface area contributed by atoms with E-state index in [1.165, 1.54) is 24.3 Å². The minimum Gasteiger partial charge on any atom is -0.406 e. The number of benzene rings is 1. The van der Waals surface area contributed by atoms with Crippen LogP contribution in [0, 0.1) is 0 Å².